The lowest BCUT2D eigenvalue weighted by molar-refractivity contribution is 0.0964. The number of nitrogens with two attached hydrogens (primary N) is 1. The van der Waals surface area contributed by atoms with Crippen molar-refractivity contribution in [2.75, 3.05) is 12.8 Å². The van der Waals surface area contributed by atoms with Crippen molar-refractivity contribution in [3.8, 4) is 0 Å². The number of carbonyl (C=O) groups is 1. The molecule has 0 aliphatic heterocycles. The molecule has 1 amide bonds. The van der Waals surface area contributed by atoms with Crippen LogP contribution in [-0.4, -0.2) is 13.0 Å². The Labute approximate surface area is 81.9 Å². The molecule has 0 bridgehead atoms. The van der Waals surface area contributed by atoms with Crippen molar-refractivity contribution in [3.05, 3.63) is 28.3 Å². The number of aryl methyl sites for hydroxylation is 1. The van der Waals surface area contributed by atoms with Gasteiger partial charge < -0.3 is 11.1 Å². The number of nitrogen functional groups attached to an aromatic ring is 1. The zero-order valence-electron chi connectivity index (χ0n) is 7.52. The molecule has 1 rings (SSSR count). The number of nitrogens with one attached hydrogen (secondary N) is 1. The lowest BCUT2D eigenvalue weighted by atomic mass is 10.1. The van der Waals surface area contributed by atoms with Gasteiger partial charge in [-0.3, -0.25) is 4.79 Å². The normalized spacial score (nSPS) is 9.77. The van der Waals surface area contributed by atoms with Gasteiger partial charge in [-0.05, 0) is 24.6 Å². The summed E-state index contributed by atoms with van der Waals surface area (Å²) in [7, 11) is 1.56. The third-order valence-corrected chi connectivity index (χ3v) is 2.21. The average Bonchev–Trinajstić information content (AvgIpc) is 2.10. The monoisotopic (exact) mass is 198 g/mol. The van der Waals surface area contributed by atoms with Crippen LogP contribution in [0.5, 0.6) is 0 Å². The van der Waals surface area contributed by atoms with Gasteiger partial charge in [-0.1, -0.05) is 11.6 Å². The van der Waals surface area contributed by atoms with E-state index in [9.17, 15) is 4.79 Å². The Hall–Kier alpha value is -1.22. The third kappa shape index (κ3) is 1.92. The van der Waals surface area contributed by atoms with Gasteiger partial charge in [-0.2, -0.15) is 0 Å². The minimum atomic E-state index is -0.197. The van der Waals surface area contributed by atoms with E-state index in [1.165, 1.54) is 0 Å². The van der Waals surface area contributed by atoms with E-state index >= 15 is 0 Å². The van der Waals surface area contributed by atoms with Crippen LogP contribution in [0.3, 0.4) is 0 Å². The average molecular weight is 199 g/mol. The van der Waals surface area contributed by atoms with Gasteiger partial charge in [0.05, 0.1) is 5.56 Å². The maximum absolute atomic E-state index is 11.3. The van der Waals surface area contributed by atoms with Crippen LogP contribution in [0, 0.1) is 6.92 Å². The second-order valence-electron chi connectivity index (χ2n) is 2.77. The molecule has 0 heterocycles. The molecule has 70 valence electrons. The first-order valence-corrected chi connectivity index (χ1v) is 4.21. The van der Waals surface area contributed by atoms with Gasteiger partial charge >= 0.3 is 0 Å². The van der Waals surface area contributed by atoms with Gasteiger partial charge in [0.15, 0.2) is 0 Å². The quantitative estimate of drug-likeness (QED) is 0.674. The smallest absolute Gasteiger partial charge is 0.253 e. The van der Waals surface area contributed by atoms with Crippen molar-refractivity contribution in [3.63, 3.8) is 0 Å². The Morgan fingerprint density at radius 3 is 2.69 bits per heavy atom. The molecule has 0 unspecified atom stereocenters. The van der Waals surface area contributed by atoms with E-state index in [4.69, 9.17) is 17.3 Å². The first kappa shape index (κ1) is 9.86. The number of hydrogen-bond acceptors (Lipinski definition) is 2. The summed E-state index contributed by atoms with van der Waals surface area (Å²) < 4.78 is 0. The largest absolute Gasteiger partial charge is 0.398 e. The minimum Gasteiger partial charge on any atom is -0.398 e. The number of halogens is 1. The summed E-state index contributed by atoms with van der Waals surface area (Å²) in [5.41, 5.74) is 7.32. The van der Waals surface area contributed by atoms with Crippen LogP contribution in [-0.2, 0) is 0 Å². The molecule has 4 heteroatoms. The van der Waals surface area contributed by atoms with Crippen molar-refractivity contribution in [1.29, 1.82) is 0 Å². The lowest BCUT2D eigenvalue weighted by Crippen LogP contribution is -2.19. The van der Waals surface area contributed by atoms with Crippen LogP contribution < -0.4 is 11.1 Å². The number of anilines is 1. The van der Waals surface area contributed by atoms with E-state index in [0.717, 1.165) is 5.56 Å². The maximum atomic E-state index is 11.3. The number of benzene rings is 1. The molecule has 0 saturated heterocycles. The van der Waals surface area contributed by atoms with Crippen LogP contribution in [0.4, 0.5) is 5.69 Å². The summed E-state index contributed by atoms with van der Waals surface area (Å²) in [4.78, 5) is 11.3. The Balaban J connectivity index is 3.23. The SMILES string of the molecule is CNC(=O)c1cc(C)c(Cl)cc1N. The maximum Gasteiger partial charge on any atom is 0.253 e. The van der Waals surface area contributed by atoms with Crippen molar-refractivity contribution in [2.24, 2.45) is 0 Å². The molecule has 3 N–H and O–H groups in total. The summed E-state index contributed by atoms with van der Waals surface area (Å²) in [6, 6.07) is 3.26. The Morgan fingerprint density at radius 2 is 2.15 bits per heavy atom. The van der Waals surface area contributed by atoms with Crippen LogP contribution >= 0.6 is 11.6 Å². The van der Waals surface area contributed by atoms with E-state index in [-0.39, 0.29) is 5.91 Å². The summed E-state index contributed by atoms with van der Waals surface area (Å²) in [6.07, 6.45) is 0. The predicted octanol–water partition coefficient (Wildman–Crippen LogP) is 1.59. The molecule has 0 aliphatic carbocycles. The number of amides is 1. The first-order chi connectivity index (χ1) is 6.06. The summed E-state index contributed by atoms with van der Waals surface area (Å²) >= 11 is 5.82. The Morgan fingerprint density at radius 1 is 1.54 bits per heavy atom. The third-order valence-electron chi connectivity index (χ3n) is 1.80. The molecule has 0 spiro atoms. The van der Waals surface area contributed by atoms with E-state index in [1.54, 1.807) is 19.2 Å². The molecule has 1 aromatic rings. The number of rotatable bonds is 1. The number of hydrogen-bond donors (Lipinski definition) is 2. The van der Waals surface area contributed by atoms with Crippen molar-refractivity contribution >= 4 is 23.2 Å². The van der Waals surface area contributed by atoms with Crippen LogP contribution in [0.25, 0.3) is 0 Å². The summed E-state index contributed by atoms with van der Waals surface area (Å²) in [6.45, 7) is 1.83. The van der Waals surface area contributed by atoms with E-state index in [0.29, 0.717) is 16.3 Å². The fourth-order valence-electron chi connectivity index (χ4n) is 1.03. The van der Waals surface area contributed by atoms with Crippen LogP contribution in [0.1, 0.15) is 15.9 Å². The zero-order chi connectivity index (χ0) is 10.0. The first-order valence-electron chi connectivity index (χ1n) is 3.84. The zero-order valence-corrected chi connectivity index (χ0v) is 8.27. The Kier molecular flexibility index (Phi) is 2.78. The summed E-state index contributed by atoms with van der Waals surface area (Å²) in [5, 5.41) is 3.08. The van der Waals surface area contributed by atoms with Gasteiger partial charge in [0.25, 0.3) is 5.91 Å². The number of carbonyl (C=O) groups excluding carboxylic acids is 1. The van der Waals surface area contributed by atoms with Crippen molar-refractivity contribution < 1.29 is 4.79 Å². The van der Waals surface area contributed by atoms with Crippen LogP contribution in [0.2, 0.25) is 5.02 Å². The van der Waals surface area contributed by atoms with Crippen molar-refractivity contribution in [1.82, 2.24) is 5.32 Å². The molecular formula is C9H11ClN2O. The second-order valence-corrected chi connectivity index (χ2v) is 3.17. The molecule has 0 radical (unpaired) electrons. The van der Waals surface area contributed by atoms with Crippen molar-refractivity contribution in [2.45, 2.75) is 6.92 Å². The van der Waals surface area contributed by atoms with Gasteiger partial charge in [0.1, 0.15) is 0 Å². The fourth-order valence-corrected chi connectivity index (χ4v) is 1.20. The standard InChI is InChI=1S/C9H11ClN2O/c1-5-3-6(9(13)12-2)8(11)4-7(5)10/h3-4H,11H2,1-2H3,(H,12,13). The minimum absolute atomic E-state index is 0.197. The molecule has 0 aromatic heterocycles. The molecule has 0 aliphatic rings. The predicted molar refractivity (Wildman–Crippen MR) is 54.0 cm³/mol. The highest BCUT2D eigenvalue weighted by Crippen LogP contribution is 2.22. The highest BCUT2D eigenvalue weighted by atomic mass is 35.5. The molecule has 1 aromatic carbocycles. The van der Waals surface area contributed by atoms with E-state index < -0.39 is 0 Å². The fraction of sp³-hybridized carbons (Fsp3) is 0.222. The molecule has 0 saturated carbocycles. The topological polar surface area (TPSA) is 55.1 Å². The van der Waals surface area contributed by atoms with Gasteiger partial charge in [0.2, 0.25) is 0 Å². The summed E-state index contributed by atoms with van der Waals surface area (Å²) in [5.74, 6) is -0.197. The lowest BCUT2D eigenvalue weighted by Gasteiger charge is -2.06. The Bertz CT molecular complexity index is 350. The highest BCUT2D eigenvalue weighted by Gasteiger charge is 2.09. The van der Waals surface area contributed by atoms with E-state index in [1.807, 2.05) is 6.92 Å². The second kappa shape index (κ2) is 3.66. The molecule has 3 nitrogen and oxygen atoms in total. The van der Waals surface area contributed by atoms with Gasteiger partial charge in [-0.15, -0.1) is 0 Å². The molecule has 0 atom stereocenters. The highest BCUT2D eigenvalue weighted by molar-refractivity contribution is 6.31. The van der Waals surface area contributed by atoms with Crippen LogP contribution in [0.15, 0.2) is 12.1 Å². The molecular weight excluding hydrogens is 188 g/mol. The molecule has 0 fully saturated rings. The van der Waals surface area contributed by atoms with Gasteiger partial charge in [0, 0.05) is 17.8 Å². The van der Waals surface area contributed by atoms with Gasteiger partial charge in [-0.25, -0.2) is 0 Å². The van der Waals surface area contributed by atoms with E-state index in [2.05, 4.69) is 5.32 Å². The molecule has 13 heavy (non-hydrogen) atoms.